The molecule has 1 saturated heterocycles. The Balaban J connectivity index is 1.36. The standard InChI is InChI=1S/C23H28N4O5/c1-17-9-10-19(27(30)31)15-20(17)25-23(29)22(28)24-11-5-6-12-26-13-14-32-21(16-26)18-7-3-2-4-8-18/h2-4,7-10,15,21H,5-6,11-14,16H2,1H3,(H,24,28)(H,25,29). The van der Waals surface area contributed by atoms with Crippen LogP contribution in [-0.2, 0) is 14.3 Å². The van der Waals surface area contributed by atoms with Crippen LogP contribution in [0.15, 0.2) is 48.5 Å². The first-order valence-electron chi connectivity index (χ1n) is 10.7. The molecular weight excluding hydrogens is 412 g/mol. The number of carbonyl (C=O) groups excluding carboxylic acids is 2. The van der Waals surface area contributed by atoms with Crippen LogP contribution in [0.25, 0.3) is 0 Å². The Bertz CT molecular complexity index is 951. The van der Waals surface area contributed by atoms with Crippen LogP contribution in [0.4, 0.5) is 11.4 Å². The number of unbranched alkanes of at least 4 members (excludes halogenated alkanes) is 1. The molecule has 0 aromatic heterocycles. The smallest absolute Gasteiger partial charge is 0.313 e. The maximum atomic E-state index is 12.1. The van der Waals surface area contributed by atoms with Gasteiger partial charge in [-0.25, -0.2) is 0 Å². The summed E-state index contributed by atoms with van der Waals surface area (Å²) in [4.78, 5) is 36.9. The summed E-state index contributed by atoms with van der Waals surface area (Å²) in [5.41, 5.74) is 1.91. The van der Waals surface area contributed by atoms with Crippen molar-refractivity contribution in [2.24, 2.45) is 0 Å². The first-order chi connectivity index (χ1) is 15.4. The number of hydrogen-bond acceptors (Lipinski definition) is 6. The Labute approximate surface area is 186 Å². The second-order valence-electron chi connectivity index (χ2n) is 7.74. The molecule has 2 amide bonds. The van der Waals surface area contributed by atoms with Crippen LogP contribution in [0.2, 0.25) is 0 Å². The van der Waals surface area contributed by atoms with Gasteiger partial charge < -0.3 is 15.4 Å². The zero-order valence-electron chi connectivity index (χ0n) is 18.1. The Kier molecular flexibility index (Phi) is 8.29. The molecule has 0 spiro atoms. The van der Waals surface area contributed by atoms with Crippen molar-refractivity contribution >= 4 is 23.2 Å². The third-order valence-electron chi connectivity index (χ3n) is 5.40. The van der Waals surface area contributed by atoms with Crippen molar-refractivity contribution in [1.29, 1.82) is 0 Å². The summed E-state index contributed by atoms with van der Waals surface area (Å²) in [6, 6.07) is 14.3. The number of anilines is 1. The van der Waals surface area contributed by atoms with E-state index in [1.54, 1.807) is 6.92 Å². The molecule has 9 heteroatoms. The minimum absolute atomic E-state index is 0.0746. The lowest BCUT2D eigenvalue weighted by molar-refractivity contribution is -0.384. The first kappa shape index (κ1) is 23.4. The van der Waals surface area contributed by atoms with Gasteiger partial charge in [0.05, 0.1) is 23.3 Å². The van der Waals surface area contributed by atoms with E-state index in [9.17, 15) is 19.7 Å². The van der Waals surface area contributed by atoms with Crippen molar-refractivity contribution < 1.29 is 19.2 Å². The third-order valence-corrected chi connectivity index (χ3v) is 5.40. The number of amides is 2. The number of benzene rings is 2. The van der Waals surface area contributed by atoms with E-state index in [1.165, 1.54) is 23.8 Å². The van der Waals surface area contributed by atoms with Gasteiger partial charge in [-0.15, -0.1) is 0 Å². The number of rotatable bonds is 8. The van der Waals surface area contributed by atoms with Gasteiger partial charge in [0.1, 0.15) is 0 Å². The number of non-ortho nitro benzene ring substituents is 1. The molecule has 2 aromatic rings. The lowest BCUT2D eigenvalue weighted by Gasteiger charge is -2.33. The molecule has 1 atom stereocenters. The van der Waals surface area contributed by atoms with Crippen LogP contribution < -0.4 is 10.6 Å². The summed E-state index contributed by atoms with van der Waals surface area (Å²) >= 11 is 0. The van der Waals surface area contributed by atoms with E-state index in [4.69, 9.17) is 4.74 Å². The van der Waals surface area contributed by atoms with Crippen molar-refractivity contribution in [3.8, 4) is 0 Å². The molecule has 2 N–H and O–H groups in total. The Morgan fingerprint density at radius 1 is 1.16 bits per heavy atom. The first-order valence-corrected chi connectivity index (χ1v) is 10.7. The number of ether oxygens (including phenoxy) is 1. The zero-order valence-corrected chi connectivity index (χ0v) is 18.1. The van der Waals surface area contributed by atoms with Crippen molar-refractivity contribution in [3.05, 3.63) is 69.8 Å². The zero-order chi connectivity index (χ0) is 22.9. The summed E-state index contributed by atoms with van der Waals surface area (Å²) in [5.74, 6) is -1.60. The summed E-state index contributed by atoms with van der Waals surface area (Å²) in [6.45, 7) is 5.37. The average molecular weight is 441 g/mol. The number of aryl methyl sites for hydroxylation is 1. The molecule has 1 fully saturated rings. The molecule has 0 aliphatic carbocycles. The Morgan fingerprint density at radius 3 is 2.69 bits per heavy atom. The van der Waals surface area contributed by atoms with E-state index < -0.39 is 16.7 Å². The van der Waals surface area contributed by atoms with Gasteiger partial charge in [0, 0.05) is 31.8 Å². The number of morpholine rings is 1. The monoisotopic (exact) mass is 440 g/mol. The Hall–Kier alpha value is -3.30. The van der Waals surface area contributed by atoms with Gasteiger partial charge in [-0.3, -0.25) is 24.6 Å². The molecule has 1 aliphatic heterocycles. The lowest BCUT2D eigenvalue weighted by atomic mass is 10.1. The van der Waals surface area contributed by atoms with E-state index in [0.717, 1.165) is 32.5 Å². The van der Waals surface area contributed by atoms with E-state index >= 15 is 0 Å². The minimum Gasteiger partial charge on any atom is -0.371 e. The highest BCUT2D eigenvalue weighted by Gasteiger charge is 2.21. The molecule has 0 saturated carbocycles. The number of hydrogen-bond donors (Lipinski definition) is 2. The highest BCUT2D eigenvalue weighted by atomic mass is 16.6. The summed E-state index contributed by atoms with van der Waals surface area (Å²) in [5, 5.41) is 15.9. The molecule has 32 heavy (non-hydrogen) atoms. The maximum absolute atomic E-state index is 12.1. The second kappa shape index (κ2) is 11.4. The molecule has 2 aromatic carbocycles. The van der Waals surface area contributed by atoms with Crippen molar-refractivity contribution in [2.75, 3.05) is 38.1 Å². The summed E-state index contributed by atoms with van der Waals surface area (Å²) < 4.78 is 5.88. The molecule has 1 unspecified atom stereocenters. The van der Waals surface area contributed by atoms with E-state index in [2.05, 4.69) is 27.7 Å². The van der Waals surface area contributed by atoms with Crippen molar-refractivity contribution in [2.45, 2.75) is 25.9 Å². The number of carbonyl (C=O) groups is 2. The van der Waals surface area contributed by atoms with Crippen LogP contribution >= 0.6 is 0 Å². The highest BCUT2D eigenvalue weighted by molar-refractivity contribution is 6.39. The molecule has 0 radical (unpaired) electrons. The van der Waals surface area contributed by atoms with Gasteiger partial charge in [-0.05, 0) is 37.4 Å². The van der Waals surface area contributed by atoms with Gasteiger partial charge in [-0.1, -0.05) is 36.4 Å². The predicted octanol–water partition coefficient (Wildman–Crippen LogP) is 2.81. The third kappa shape index (κ3) is 6.60. The molecule has 9 nitrogen and oxygen atoms in total. The van der Waals surface area contributed by atoms with Crippen molar-refractivity contribution in [1.82, 2.24) is 10.2 Å². The fourth-order valence-electron chi connectivity index (χ4n) is 3.55. The van der Waals surface area contributed by atoms with Crippen molar-refractivity contribution in [3.63, 3.8) is 0 Å². The van der Waals surface area contributed by atoms with Crippen LogP contribution in [0.1, 0.15) is 30.1 Å². The number of nitrogens with one attached hydrogen (secondary N) is 2. The number of nitro benzene ring substituents is 1. The predicted molar refractivity (Wildman–Crippen MR) is 120 cm³/mol. The van der Waals surface area contributed by atoms with Gasteiger partial charge >= 0.3 is 11.8 Å². The summed E-state index contributed by atoms with van der Waals surface area (Å²) in [6.07, 6.45) is 1.70. The molecule has 3 rings (SSSR count). The lowest BCUT2D eigenvalue weighted by Crippen LogP contribution is -2.39. The topological polar surface area (TPSA) is 114 Å². The second-order valence-corrected chi connectivity index (χ2v) is 7.74. The van der Waals surface area contributed by atoms with Crippen LogP contribution in [0.5, 0.6) is 0 Å². The highest BCUT2D eigenvalue weighted by Crippen LogP contribution is 2.23. The molecule has 170 valence electrons. The fourth-order valence-corrected chi connectivity index (χ4v) is 3.55. The van der Waals surface area contributed by atoms with Gasteiger partial charge in [-0.2, -0.15) is 0 Å². The maximum Gasteiger partial charge on any atom is 0.313 e. The molecular formula is C23H28N4O5. The fraction of sp³-hybridized carbons (Fsp3) is 0.391. The quantitative estimate of drug-likeness (QED) is 0.282. The molecule has 1 aliphatic rings. The molecule has 1 heterocycles. The number of nitrogens with zero attached hydrogens (tertiary/aromatic N) is 2. The van der Waals surface area contributed by atoms with E-state index in [0.29, 0.717) is 18.7 Å². The van der Waals surface area contributed by atoms with Gasteiger partial charge in [0.15, 0.2) is 0 Å². The van der Waals surface area contributed by atoms with Crippen LogP contribution in [-0.4, -0.2) is 54.4 Å². The van der Waals surface area contributed by atoms with E-state index in [-0.39, 0.29) is 17.5 Å². The SMILES string of the molecule is Cc1ccc([N+](=O)[O-])cc1NC(=O)C(=O)NCCCCN1CCOC(c2ccccc2)C1. The van der Waals surface area contributed by atoms with Crippen LogP contribution in [0.3, 0.4) is 0 Å². The van der Waals surface area contributed by atoms with Crippen LogP contribution in [0, 0.1) is 17.0 Å². The minimum atomic E-state index is -0.840. The van der Waals surface area contributed by atoms with Gasteiger partial charge in [0.2, 0.25) is 0 Å². The summed E-state index contributed by atoms with van der Waals surface area (Å²) in [7, 11) is 0. The largest absolute Gasteiger partial charge is 0.371 e. The average Bonchev–Trinajstić information content (AvgIpc) is 2.80. The normalized spacial score (nSPS) is 16.3. The number of nitro groups is 1. The van der Waals surface area contributed by atoms with E-state index in [1.807, 2.05) is 18.2 Å². The van der Waals surface area contributed by atoms with Gasteiger partial charge in [0.25, 0.3) is 5.69 Å². The Morgan fingerprint density at radius 2 is 1.94 bits per heavy atom. The molecule has 0 bridgehead atoms.